The maximum atomic E-state index is 14.0. The molecule has 21 heavy (non-hydrogen) atoms. The fraction of sp³-hybridized carbons (Fsp3) is 0.176. The van der Waals surface area contributed by atoms with Crippen LogP contribution in [0.1, 0.15) is 16.5 Å². The van der Waals surface area contributed by atoms with Crippen molar-refractivity contribution in [1.29, 1.82) is 0 Å². The molecule has 0 saturated heterocycles. The van der Waals surface area contributed by atoms with Gasteiger partial charge in [0.2, 0.25) is 0 Å². The van der Waals surface area contributed by atoms with Crippen LogP contribution in [-0.2, 0) is 6.42 Å². The molecule has 0 spiro atoms. The first-order valence-electron chi connectivity index (χ1n) is 6.77. The van der Waals surface area contributed by atoms with E-state index in [9.17, 15) is 4.39 Å². The van der Waals surface area contributed by atoms with Crippen molar-refractivity contribution in [2.45, 2.75) is 12.5 Å². The second kappa shape index (κ2) is 6.14. The van der Waals surface area contributed by atoms with Crippen LogP contribution in [0.3, 0.4) is 0 Å². The molecule has 3 aromatic rings. The Morgan fingerprint density at radius 3 is 2.71 bits per heavy atom. The number of benzene rings is 2. The summed E-state index contributed by atoms with van der Waals surface area (Å²) in [5, 5.41) is 4.94. The van der Waals surface area contributed by atoms with E-state index >= 15 is 0 Å². The Morgan fingerprint density at radius 1 is 1.19 bits per heavy atom. The smallest absolute Gasteiger partial charge is 0.127 e. The number of hydrogen-bond donors (Lipinski definition) is 1. The van der Waals surface area contributed by atoms with Crippen molar-refractivity contribution in [1.82, 2.24) is 5.32 Å². The molecule has 0 aliphatic rings. The summed E-state index contributed by atoms with van der Waals surface area (Å²) in [5.41, 5.74) is 0.677. The van der Waals surface area contributed by atoms with Gasteiger partial charge >= 0.3 is 0 Å². The Labute approximate surface area is 132 Å². The van der Waals surface area contributed by atoms with Crippen LogP contribution in [-0.4, -0.2) is 7.05 Å². The largest absolute Gasteiger partial charge is 0.312 e. The quantitative estimate of drug-likeness (QED) is 0.697. The number of likely N-dealkylation sites (N-methyl/N-ethyl adjacent to an activating group) is 1. The monoisotopic (exact) mass is 319 g/mol. The molecule has 1 heterocycles. The predicted molar refractivity (Wildman–Crippen MR) is 88.7 cm³/mol. The van der Waals surface area contributed by atoms with E-state index in [-0.39, 0.29) is 11.9 Å². The van der Waals surface area contributed by atoms with Gasteiger partial charge < -0.3 is 5.32 Å². The molecule has 1 unspecified atom stereocenters. The van der Waals surface area contributed by atoms with Crippen molar-refractivity contribution in [3.05, 3.63) is 69.8 Å². The van der Waals surface area contributed by atoms with E-state index in [1.54, 1.807) is 23.5 Å². The Kier molecular flexibility index (Phi) is 4.24. The molecule has 1 N–H and O–H groups in total. The lowest BCUT2D eigenvalue weighted by Crippen LogP contribution is -2.18. The highest BCUT2D eigenvalue weighted by Crippen LogP contribution is 2.31. The van der Waals surface area contributed by atoms with Gasteiger partial charge in [0.25, 0.3) is 0 Å². The van der Waals surface area contributed by atoms with Gasteiger partial charge in [-0.3, -0.25) is 0 Å². The fourth-order valence-corrected chi connectivity index (χ4v) is 3.76. The van der Waals surface area contributed by atoms with Crippen molar-refractivity contribution >= 4 is 33.0 Å². The summed E-state index contributed by atoms with van der Waals surface area (Å²) in [6.07, 6.45) is 0.603. The zero-order chi connectivity index (χ0) is 14.8. The minimum Gasteiger partial charge on any atom is -0.312 e. The van der Waals surface area contributed by atoms with Crippen molar-refractivity contribution in [3.8, 4) is 0 Å². The lowest BCUT2D eigenvalue weighted by molar-refractivity contribution is 0.560. The van der Waals surface area contributed by atoms with Crippen molar-refractivity contribution in [3.63, 3.8) is 0 Å². The molecule has 0 fully saturated rings. The van der Waals surface area contributed by atoms with E-state index < -0.39 is 0 Å². The molecule has 1 nitrogen and oxygen atoms in total. The maximum Gasteiger partial charge on any atom is 0.127 e. The normalized spacial score (nSPS) is 12.7. The lowest BCUT2D eigenvalue weighted by Gasteiger charge is -2.15. The van der Waals surface area contributed by atoms with Gasteiger partial charge in [-0.25, -0.2) is 4.39 Å². The first kappa shape index (κ1) is 14.5. The van der Waals surface area contributed by atoms with E-state index in [0.717, 1.165) is 0 Å². The molecular weight excluding hydrogens is 305 g/mol. The summed E-state index contributed by atoms with van der Waals surface area (Å²) in [6, 6.07) is 15.4. The highest BCUT2D eigenvalue weighted by atomic mass is 35.5. The van der Waals surface area contributed by atoms with Crippen molar-refractivity contribution < 1.29 is 4.39 Å². The van der Waals surface area contributed by atoms with Crippen LogP contribution in [0, 0.1) is 5.82 Å². The number of thiophene rings is 1. The van der Waals surface area contributed by atoms with Crippen LogP contribution < -0.4 is 5.32 Å². The molecule has 0 aliphatic heterocycles. The summed E-state index contributed by atoms with van der Waals surface area (Å²) in [4.78, 5) is 1.22. The first-order chi connectivity index (χ1) is 10.2. The Hall–Kier alpha value is -1.42. The zero-order valence-corrected chi connectivity index (χ0v) is 13.1. The maximum absolute atomic E-state index is 14.0. The van der Waals surface area contributed by atoms with Gasteiger partial charge in [0.15, 0.2) is 0 Å². The van der Waals surface area contributed by atoms with Crippen molar-refractivity contribution in [2.75, 3.05) is 7.05 Å². The summed E-state index contributed by atoms with van der Waals surface area (Å²) < 4.78 is 15.2. The first-order valence-corrected chi connectivity index (χ1v) is 7.96. The van der Waals surface area contributed by atoms with Gasteiger partial charge in [0.1, 0.15) is 5.82 Å². The van der Waals surface area contributed by atoms with Gasteiger partial charge in [-0.05, 0) is 48.7 Å². The van der Waals surface area contributed by atoms with E-state index in [1.165, 1.54) is 21.0 Å². The lowest BCUT2D eigenvalue weighted by atomic mass is 10.0. The fourth-order valence-electron chi connectivity index (χ4n) is 2.43. The van der Waals surface area contributed by atoms with E-state index in [0.29, 0.717) is 17.0 Å². The third kappa shape index (κ3) is 3.10. The molecule has 1 atom stereocenters. The Balaban J connectivity index is 1.90. The molecule has 0 saturated carbocycles. The molecule has 108 valence electrons. The molecule has 4 heteroatoms. The summed E-state index contributed by atoms with van der Waals surface area (Å²) in [5.74, 6) is -0.246. The third-order valence-electron chi connectivity index (χ3n) is 3.58. The van der Waals surface area contributed by atoms with E-state index in [2.05, 4.69) is 23.5 Å². The average molecular weight is 320 g/mol. The minimum atomic E-state index is -0.246. The van der Waals surface area contributed by atoms with Crippen LogP contribution >= 0.6 is 22.9 Å². The zero-order valence-electron chi connectivity index (χ0n) is 11.6. The van der Waals surface area contributed by atoms with E-state index in [1.807, 2.05) is 19.2 Å². The second-order valence-electron chi connectivity index (χ2n) is 4.97. The predicted octanol–water partition coefficient (Wildman–Crippen LogP) is 5.20. The van der Waals surface area contributed by atoms with E-state index in [4.69, 9.17) is 11.6 Å². The Morgan fingerprint density at radius 2 is 2.00 bits per heavy atom. The highest BCUT2D eigenvalue weighted by Gasteiger charge is 2.15. The minimum absolute atomic E-state index is 0.0954. The van der Waals surface area contributed by atoms with Crippen LogP contribution in [0.25, 0.3) is 10.1 Å². The highest BCUT2D eigenvalue weighted by molar-refractivity contribution is 7.19. The molecule has 0 amide bonds. The van der Waals surface area contributed by atoms with Gasteiger partial charge in [0, 0.05) is 20.6 Å². The van der Waals surface area contributed by atoms with Crippen molar-refractivity contribution in [2.24, 2.45) is 0 Å². The van der Waals surface area contributed by atoms with Crippen LogP contribution in [0.4, 0.5) is 4.39 Å². The number of hydrogen-bond acceptors (Lipinski definition) is 2. The van der Waals surface area contributed by atoms with Gasteiger partial charge in [-0.1, -0.05) is 35.9 Å². The van der Waals surface area contributed by atoms with Gasteiger partial charge in [0.05, 0.1) is 0 Å². The molecule has 0 radical (unpaired) electrons. The number of rotatable bonds is 4. The van der Waals surface area contributed by atoms with Crippen LogP contribution in [0.5, 0.6) is 0 Å². The standard InChI is InChI=1S/C17H15ClFNS/c1-20-15(8-11-6-7-13(18)10-14(11)19)17-9-12-4-2-3-5-16(12)21-17/h2-7,9-10,15,20H,8H2,1H3. The second-order valence-corrected chi connectivity index (χ2v) is 6.52. The van der Waals surface area contributed by atoms with Crippen LogP contribution in [0.15, 0.2) is 48.5 Å². The SMILES string of the molecule is CNC(Cc1ccc(Cl)cc1F)c1cc2ccccc2s1. The molecule has 0 bridgehead atoms. The number of nitrogens with one attached hydrogen (secondary N) is 1. The topological polar surface area (TPSA) is 12.0 Å². The van der Waals surface area contributed by atoms with Gasteiger partial charge in [-0.2, -0.15) is 0 Å². The number of fused-ring (bicyclic) bond motifs is 1. The summed E-state index contributed by atoms with van der Waals surface area (Å²) in [7, 11) is 1.91. The van der Waals surface area contributed by atoms with Gasteiger partial charge in [-0.15, -0.1) is 11.3 Å². The molecule has 1 aromatic heterocycles. The summed E-state index contributed by atoms with van der Waals surface area (Å²) >= 11 is 7.55. The molecule has 3 rings (SSSR count). The third-order valence-corrected chi connectivity index (χ3v) is 5.04. The average Bonchev–Trinajstić information content (AvgIpc) is 2.90. The molecule has 2 aromatic carbocycles. The summed E-state index contributed by atoms with van der Waals surface area (Å²) in [6.45, 7) is 0. The number of halogens is 2. The Bertz CT molecular complexity index is 735. The molecule has 0 aliphatic carbocycles. The van der Waals surface area contributed by atoms with Crippen LogP contribution in [0.2, 0.25) is 5.02 Å². The molecular formula is C17H15ClFNS.